The number of phenols is 1. The fraction of sp³-hybridized carbons (Fsp3) is 0.273. The lowest BCUT2D eigenvalue weighted by atomic mass is 10.0. The zero-order valence-corrected chi connectivity index (χ0v) is 9.34. The third-order valence-corrected chi connectivity index (χ3v) is 2.49. The number of carbonyl (C=O) groups is 1. The number of phenolic OH excluding ortho intramolecular Hbond substituents is 1. The van der Waals surface area contributed by atoms with Crippen LogP contribution >= 0.6 is 0 Å². The summed E-state index contributed by atoms with van der Waals surface area (Å²) in [5.74, 6) is 0.160. The van der Waals surface area contributed by atoms with Crippen LogP contribution in [0.3, 0.4) is 0 Å². The van der Waals surface area contributed by atoms with E-state index in [4.69, 9.17) is 0 Å². The average molecular weight is 232 g/mol. The van der Waals surface area contributed by atoms with Gasteiger partial charge in [0.25, 0.3) is 0 Å². The van der Waals surface area contributed by atoms with E-state index in [9.17, 15) is 9.90 Å². The number of Topliss-reactive ketones (excluding diaryl/α,β-unsaturated/α-hetero) is 1. The molecule has 6 heteroatoms. The molecule has 0 saturated carbocycles. The summed E-state index contributed by atoms with van der Waals surface area (Å²) >= 11 is 0. The Bertz CT molecular complexity index is 522. The highest BCUT2D eigenvalue weighted by Crippen LogP contribution is 2.20. The Morgan fingerprint density at radius 3 is 2.94 bits per heavy atom. The lowest BCUT2D eigenvalue weighted by Gasteiger charge is -2.04. The van der Waals surface area contributed by atoms with Crippen LogP contribution in [0.4, 0.5) is 0 Å². The largest absolute Gasteiger partial charge is 0.507 e. The molecule has 2 aromatic rings. The number of nitrogens with one attached hydrogen (secondary N) is 1. The maximum Gasteiger partial charge on any atom is 0.174 e. The molecule has 0 bridgehead atoms. The van der Waals surface area contributed by atoms with Crippen LogP contribution in [0.1, 0.15) is 28.7 Å². The van der Waals surface area contributed by atoms with Crippen LogP contribution < -0.4 is 0 Å². The molecule has 2 rings (SSSR count). The first-order valence-corrected chi connectivity index (χ1v) is 5.28. The number of rotatable bonds is 4. The van der Waals surface area contributed by atoms with Gasteiger partial charge in [0.15, 0.2) is 11.6 Å². The van der Waals surface area contributed by atoms with E-state index in [1.807, 2.05) is 6.92 Å². The molecule has 2 N–H and O–H groups in total. The summed E-state index contributed by atoms with van der Waals surface area (Å²) in [5, 5.41) is 22.6. The van der Waals surface area contributed by atoms with Crippen molar-refractivity contribution >= 4 is 5.78 Å². The highest BCUT2D eigenvalue weighted by Gasteiger charge is 2.14. The Morgan fingerprint density at radius 2 is 2.29 bits per heavy atom. The molecule has 0 aliphatic heterocycles. The summed E-state index contributed by atoms with van der Waals surface area (Å²) in [6, 6.07) is 5.02. The molecule has 0 aliphatic rings. The molecule has 1 aromatic heterocycles. The molecule has 0 unspecified atom stereocenters. The number of H-pyrrole nitrogens is 1. The number of ketones is 1. The lowest BCUT2D eigenvalue weighted by molar-refractivity contribution is 0.0988. The predicted octanol–water partition coefficient (Wildman–Crippen LogP) is 0.893. The summed E-state index contributed by atoms with van der Waals surface area (Å²) in [7, 11) is 0. The van der Waals surface area contributed by atoms with E-state index in [2.05, 4.69) is 20.6 Å². The van der Waals surface area contributed by atoms with Crippen molar-refractivity contribution in [2.75, 3.05) is 0 Å². The average Bonchev–Trinajstić information content (AvgIpc) is 2.82. The molecule has 0 fully saturated rings. The number of hydrogen-bond acceptors (Lipinski definition) is 5. The van der Waals surface area contributed by atoms with E-state index in [0.717, 1.165) is 12.0 Å². The third kappa shape index (κ3) is 2.47. The van der Waals surface area contributed by atoms with Crippen molar-refractivity contribution < 1.29 is 9.90 Å². The number of tetrazole rings is 1. The highest BCUT2D eigenvalue weighted by molar-refractivity contribution is 5.99. The summed E-state index contributed by atoms with van der Waals surface area (Å²) in [6.07, 6.45) is 0.859. The number of nitrogens with zero attached hydrogens (tertiary/aromatic N) is 3. The van der Waals surface area contributed by atoms with E-state index < -0.39 is 0 Å². The van der Waals surface area contributed by atoms with E-state index in [0.29, 0.717) is 11.4 Å². The van der Waals surface area contributed by atoms with Crippen LogP contribution in [-0.2, 0) is 12.8 Å². The van der Waals surface area contributed by atoms with E-state index in [1.54, 1.807) is 12.1 Å². The van der Waals surface area contributed by atoms with Crippen LogP contribution in [-0.4, -0.2) is 31.5 Å². The quantitative estimate of drug-likeness (QED) is 0.764. The Labute approximate surface area is 97.7 Å². The third-order valence-electron chi connectivity index (χ3n) is 2.49. The molecule has 0 saturated heterocycles. The number of aryl methyl sites for hydroxylation is 1. The molecule has 0 atom stereocenters. The number of benzene rings is 1. The molecular formula is C11H12N4O2. The number of carbonyl (C=O) groups excluding carboxylic acids is 1. The normalized spacial score (nSPS) is 10.4. The van der Waals surface area contributed by atoms with Crippen LogP contribution in [0.15, 0.2) is 18.2 Å². The lowest BCUT2D eigenvalue weighted by Crippen LogP contribution is -2.06. The Balaban J connectivity index is 2.24. The first-order chi connectivity index (χ1) is 8.20. The Hall–Kier alpha value is -2.24. The summed E-state index contributed by atoms with van der Waals surface area (Å²) < 4.78 is 0. The summed E-state index contributed by atoms with van der Waals surface area (Å²) in [4.78, 5) is 11.9. The maximum absolute atomic E-state index is 11.9. The van der Waals surface area contributed by atoms with Crippen LogP contribution in [0.25, 0.3) is 0 Å². The van der Waals surface area contributed by atoms with Gasteiger partial charge in [-0.05, 0) is 34.5 Å². The van der Waals surface area contributed by atoms with E-state index >= 15 is 0 Å². The van der Waals surface area contributed by atoms with Gasteiger partial charge in [0, 0.05) is 0 Å². The molecule has 17 heavy (non-hydrogen) atoms. The van der Waals surface area contributed by atoms with Crippen molar-refractivity contribution in [2.45, 2.75) is 19.8 Å². The second-order valence-corrected chi connectivity index (χ2v) is 3.65. The zero-order valence-electron chi connectivity index (χ0n) is 9.34. The van der Waals surface area contributed by atoms with Gasteiger partial charge in [-0.3, -0.25) is 4.79 Å². The van der Waals surface area contributed by atoms with Gasteiger partial charge in [0.1, 0.15) is 5.75 Å². The van der Waals surface area contributed by atoms with Crippen LogP contribution in [0.2, 0.25) is 0 Å². The second-order valence-electron chi connectivity index (χ2n) is 3.65. The highest BCUT2D eigenvalue weighted by atomic mass is 16.3. The van der Waals surface area contributed by atoms with Gasteiger partial charge >= 0.3 is 0 Å². The molecule has 0 radical (unpaired) electrons. The van der Waals surface area contributed by atoms with Crippen molar-refractivity contribution in [2.24, 2.45) is 0 Å². The van der Waals surface area contributed by atoms with Crippen molar-refractivity contribution in [1.29, 1.82) is 0 Å². The van der Waals surface area contributed by atoms with Gasteiger partial charge in [-0.15, -0.1) is 5.10 Å². The Kier molecular flexibility index (Phi) is 3.13. The number of hydrogen-bond donors (Lipinski definition) is 2. The Morgan fingerprint density at radius 1 is 1.47 bits per heavy atom. The monoisotopic (exact) mass is 232 g/mol. The SMILES string of the molecule is CCc1ccc(O)c(C(=O)Cc2nnn[nH]2)c1. The smallest absolute Gasteiger partial charge is 0.174 e. The number of aromatic amines is 1. The molecule has 0 amide bonds. The first-order valence-electron chi connectivity index (χ1n) is 5.28. The van der Waals surface area contributed by atoms with Crippen molar-refractivity contribution in [1.82, 2.24) is 20.6 Å². The van der Waals surface area contributed by atoms with Crippen molar-refractivity contribution in [3.63, 3.8) is 0 Å². The first kappa shape index (κ1) is 11.3. The molecule has 1 heterocycles. The minimum atomic E-state index is -0.212. The van der Waals surface area contributed by atoms with Gasteiger partial charge in [-0.1, -0.05) is 13.0 Å². The topological polar surface area (TPSA) is 91.8 Å². The summed E-state index contributed by atoms with van der Waals surface area (Å²) in [5.41, 5.74) is 1.31. The molecule has 0 aliphatic carbocycles. The van der Waals surface area contributed by atoms with Crippen LogP contribution in [0.5, 0.6) is 5.75 Å². The van der Waals surface area contributed by atoms with Gasteiger partial charge in [0.2, 0.25) is 0 Å². The number of aromatic hydroxyl groups is 1. The zero-order chi connectivity index (χ0) is 12.3. The van der Waals surface area contributed by atoms with Crippen molar-refractivity contribution in [3.05, 3.63) is 35.2 Å². The maximum atomic E-state index is 11.9. The molecule has 0 spiro atoms. The second kappa shape index (κ2) is 4.73. The molecule has 6 nitrogen and oxygen atoms in total. The van der Waals surface area contributed by atoms with Gasteiger partial charge in [0.05, 0.1) is 12.0 Å². The van der Waals surface area contributed by atoms with Gasteiger partial charge in [-0.2, -0.15) is 0 Å². The fourth-order valence-corrected chi connectivity index (χ4v) is 1.53. The standard InChI is InChI=1S/C11H12N4O2/c1-2-7-3-4-9(16)8(5-7)10(17)6-11-12-14-15-13-11/h3-5,16H,2,6H2,1H3,(H,12,13,14,15). The van der Waals surface area contributed by atoms with E-state index in [-0.39, 0.29) is 18.0 Å². The van der Waals surface area contributed by atoms with E-state index in [1.165, 1.54) is 6.07 Å². The predicted molar refractivity (Wildman–Crippen MR) is 59.7 cm³/mol. The summed E-state index contributed by atoms with van der Waals surface area (Å²) in [6.45, 7) is 1.99. The van der Waals surface area contributed by atoms with Crippen molar-refractivity contribution in [3.8, 4) is 5.75 Å². The van der Waals surface area contributed by atoms with Crippen LogP contribution in [0, 0.1) is 0 Å². The van der Waals surface area contributed by atoms with Gasteiger partial charge in [-0.25, -0.2) is 5.10 Å². The minimum Gasteiger partial charge on any atom is -0.507 e. The minimum absolute atomic E-state index is 0.0142. The molecule has 88 valence electrons. The van der Waals surface area contributed by atoms with Gasteiger partial charge < -0.3 is 5.11 Å². The molecular weight excluding hydrogens is 220 g/mol. The number of aromatic nitrogens is 4. The molecule has 1 aromatic carbocycles. The fourth-order valence-electron chi connectivity index (χ4n) is 1.53.